The number of nitrogens with zero attached hydrogens (tertiary/aromatic N) is 3. The van der Waals surface area contributed by atoms with Gasteiger partial charge in [0.25, 0.3) is 0 Å². The van der Waals surface area contributed by atoms with Crippen LogP contribution in [-0.2, 0) is 6.54 Å². The third kappa shape index (κ3) is 3.51. The molecule has 2 rings (SSSR count). The smallest absolute Gasteiger partial charge is 0.310 e. The molecule has 2 aromatic rings. The fraction of sp³-hybridized carbons (Fsp3) is 0.308. The van der Waals surface area contributed by atoms with Crippen LogP contribution in [-0.4, -0.2) is 26.8 Å². The average Bonchev–Trinajstić information content (AvgIpc) is 2.91. The van der Waals surface area contributed by atoms with E-state index in [4.69, 9.17) is 4.74 Å². The van der Waals surface area contributed by atoms with Crippen LogP contribution in [0, 0.1) is 10.1 Å². The average molecular weight is 293 g/mol. The van der Waals surface area contributed by atoms with E-state index in [1.807, 2.05) is 10.8 Å². The number of aromatic nitrogens is 2. The number of benzene rings is 1. The van der Waals surface area contributed by atoms with E-state index in [0.29, 0.717) is 18.1 Å². The Labute approximate surface area is 120 Å². The number of thioether (sulfide) groups is 1. The minimum atomic E-state index is -0.438. The summed E-state index contributed by atoms with van der Waals surface area (Å²) in [5.41, 5.74) is -0.00689. The molecule has 20 heavy (non-hydrogen) atoms. The third-order valence-electron chi connectivity index (χ3n) is 2.65. The van der Waals surface area contributed by atoms with Crippen LogP contribution in [0.25, 0.3) is 0 Å². The summed E-state index contributed by atoms with van der Waals surface area (Å²) in [6.45, 7) is 3.31. The Kier molecular flexibility index (Phi) is 5.00. The maximum Gasteiger partial charge on any atom is 0.310 e. The summed E-state index contributed by atoms with van der Waals surface area (Å²) < 4.78 is 7.51. The lowest BCUT2D eigenvalue weighted by molar-refractivity contribution is -0.385. The first-order valence-corrected chi connectivity index (χ1v) is 7.21. The van der Waals surface area contributed by atoms with E-state index in [-0.39, 0.29) is 5.69 Å². The maximum absolute atomic E-state index is 10.8. The highest BCUT2D eigenvalue weighted by Crippen LogP contribution is 2.26. The van der Waals surface area contributed by atoms with Crippen molar-refractivity contribution in [1.29, 1.82) is 0 Å². The normalized spacial score (nSPS) is 10.4. The fourth-order valence-electron chi connectivity index (χ4n) is 1.69. The standard InChI is InChI=1S/C13H15N3O3S/c1-2-15-8-7-14-13(15)20-10-9-19-12-6-4-3-5-11(12)16(17)18/h3-8H,2,9-10H2,1H3. The van der Waals surface area contributed by atoms with Crippen LogP contribution in [0.2, 0.25) is 0 Å². The van der Waals surface area contributed by atoms with Crippen LogP contribution in [0.5, 0.6) is 5.75 Å². The molecular formula is C13H15N3O3S. The lowest BCUT2D eigenvalue weighted by Crippen LogP contribution is -2.04. The predicted octanol–water partition coefficient (Wildman–Crippen LogP) is 2.98. The van der Waals surface area contributed by atoms with Crippen LogP contribution >= 0.6 is 11.8 Å². The Morgan fingerprint density at radius 3 is 3.00 bits per heavy atom. The molecule has 0 spiro atoms. The zero-order valence-electron chi connectivity index (χ0n) is 11.1. The molecule has 1 aromatic carbocycles. The zero-order valence-corrected chi connectivity index (χ0v) is 11.9. The molecule has 0 N–H and O–H groups in total. The highest BCUT2D eigenvalue weighted by molar-refractivity contribution is 7.99. The van der Waals surface area contributed by atoms with Crippen molar-refractivity contribution in [1.82, 2.24) is 9.55 Å². The van der Waals surface area contributed by atoms with Crippen molar-refractivity contribution in [3.05, 3.63) is 46.8 Å². The molecule has 0 bridgehead atoms. The second-order valence-electron chi connectivity index (χ2n) is 3.92. The molecule has 0 atom stereocenters. The number of nitro groups is 1. The summed E-state index contributed by atoms with van der Waals surface area (Å²) in [7, 11) is 0. The Balaban J connectivity index is 1.86. The maximum atomic E-state index is 10.8. The second kappa shape index (κ2) is 6.95. The van der Waals surface area contributed by atoms with Gasteiger partial charge in [0, 0.05) is 30.8 Å². The number of ether oxygens (including phenoxy) is 1. The largest absolute Gasteiger partial charge is 0.486 e. The number of aryl methyl sites for hydroxylation is 1. The number of rotatable bonds is 7. The molecule has 0 aliphatic heterocycles. The lowest BCUT2D eigenvalue weighted by Gasteiger charge is -2.07. The van der Waals surface area contributed by atoms with Gasteiger partial charge in [0.05, 0.1) is 11.5 Å². The molecule has 1 heterocycles. The summed E-state index contributed by atoms with van der Waals surface area (Å²) >= 11 is 1.57. The number of hydrogen-bond acceptors (Lipinski definition) is 5. The van der Waals surface area contributed by atoms with Gasteiger partial charge in [0.2, 0.25) is 0 Å². The van der Waals surface area contributed by atoms with Crippen molar-refractivity contribution in [3.63, 3.8) is 0 Å². The molecule has 0 fully saturated rings. The predicted molar refractivity (Wildman–Crippen MR) is 77.2 cm³/mol. The van der Waals surface area contributed by atoms with Gasteiger partial charge in [-0.1, -0.05) is 23.9 Å². The molecule has 0 amide bonds. The van der Waals surface area contributed by atoms with Crippen molar-refractivity contribution in [3.8, 4) is 5.75 Å². The van der Waals surface area contributed by atoms with Crippen molar-refractivity contribution >= 4 is 17.4 Å². The van der Waals surface area contributed by atoms with Gasteiger partial charge in [-0.05, 0) is 13.0 Å². The molecule has 1 aromatic heterocycles. The van der Waals surface area contributed by atoms with E-state index in [2.05, 4.69) is 11.9 Å². The molecule has 0 radical (unpaired) electrons. The number of hydrogen-bond donors (Lipinski definition) is 0. The van der Waals surface area contributed by atoms with E-state index in [1.165, 1.54) is 6.07 Å². The van der Waals surface area contributed by atoms with Crippen LogP contribution in [0.4, 0.5) is 5.69 Å². The highest BCUT2D eigenvalue weighted by Gasteiger charge is 2.13. The minimum Gasteiger partial charge on any atom is -0.486 e. The van der Waals surface area contributed by atoms with Crippen LogP contribution in [0.1, 0.15) is 6.92 Å². The van der Waals surface area contributed by atoms with Crippen molar-refractivity contribution in [2.24, 2.45) is 0 Å². The number of para-hydroxylation sites is 2. The first kappa shape index (κ1) is 14.4. The summed E-state index contributed by atoms with van der Waals surface area (Å²) in [4.78, 5) is 14.6. The summed E-state index contributed by atoms with van der Waals surface area (Å²) in [6, 6.07) is 6.39. The van der Waals surface area contributed by atoms with Gasteiger partial charge in [-0.25, -0.2) is 4.98 Å². The Morgan fingerprint density at radius 1 is 1.45 bits per heavy atom. The summed E-state index contributed by atoms with van der Waals surface area (Å²) in [6.07, 6.45) is 3.68. The van der Waals surface area contributed by atoms with Crippen LogP contribution in [0.15, 0.2) is 41.8 Å². The summed E-state index contributed by atoms with van der Waals surface area (Å²) in [5, 5.41) is 11.8. The van der Waals surface area contributed by atoms with Crippen molar-refractivity contribution < 1.29 is 9.66 Å². The van der Waals surface area contributed by atoms with Gasteiger partial charge < -0.3 is 9.30 Å². The van der Waals surface area contributed by atoms with Gasteiger partial charge in [-0.3, -0.25) is 10.1 Å². The third-order valence-corrected chi connectivity index (χ3v) is 3.62. The molecule has 0 aliphatic carbocycles. The molecule has 6 nitrogen and oxygen atoms in total. The molecule has 0 unspecified atom stereocenters. The fourth-order valence-corrected chi connectivity index (χ4v) is 2.53. The molecule has 0 aliphatic rings. The van der Waals surface area contributed by atoms with Gasteiger partial charge in [-0.2, -0.15) is 0 Å². The van der Waals surface area contributed by atoms with E-state index >= 15 is 0 Å². The Hall–Kier alpha value is -2.02. The molecular weight excluding hydrogens is 278 g/mol. The lowest BCUT2D eigenvalue weighted by atomic mass is 10.3. The first-order chi connectivity index (χ1) is 9.72. The molecule has 106 valence electrons. The Bertz CT molecular complexity index is 586. The quantitative estimate of drug-likeness (QED) is 0.340. The van der Waals surface area contributed by atoms with Gasteiger partial charge in [0.1, 0.15) is 0 Å². The number of nitro benzene ring substituents is 1. The summed E-state index contributed by atoms with van der Waals surface area (Å²) in [5.74, 6) is 0.986. The van der Waals surface area contributed by atoms with Crippen LogP contribution in [0.3, 0.4) is 0 Å². The highest BCUT2D eigenvalue weighted by atomic mass is 32.2. The van der Waals surface area contributed by atoms with Crippen molar-refractivity contribution in [2.75, 3.05) is 12.4 Å². The van der Waals surface area contributed by atoms with Gasteiger partial charge in [-0.15, -0.1) is 0 Å². The monoisotopic (exact) mass is 293 g/mol. The van der Waals surface area contributed by atoms with Crippen molar-refractivity contribution in [2.45, 2.75) is 18.6 Å². The first-order valence-electron chi connectivity index (χ1n) is 6.22. The van der Waals surface area contributed by atoms with Gasteiger partial charge >= 0.3 is 5.69 Å². The Morgan fingerprint density at radius 2 is 2.25 bits per heavy atom. The minimum absolute atomic E-state index is 0.00689. The van der Waals surface area contributed by atoms with Crippen LogP contribution < -0.4 is 4.74 Å². The number of imidazole rings is 1. The molecule has 0 saturated carbocycles. The molecule has 0 saturated heterocycles. The van der Waals surface area contributed by atoms with E-state index < -0.39 is 4.92 Å². The zero-order chi connectivity index (χ0) is 14.4. The SMILES string of the molecule is CCn1ccnc1SCCOc1ccccc1[N+](=O)[O-]. The van der Waals surface area contributed by atoms with Gasteiger partial charge in [0.15, 0.2) is 10.9 Å². The molecule has 7 heteroatoms. The topological polar surface area (TPSA) is 70.2 Å². The van der Waals surface area contributed by atoms with E-state index in [0.717, 1.165) is 11.7 Å². The second-order valence-corrected chi connectivity index (χ2v) is 4.98. The van der Waals surface area contributed by atoms with E-state index in [1.54, 1.807) is 36.2 Å². The van der Waals surface area contributed by atoms with E-state index in [9.17, 15) is 10.1 Å².